The lowest BCUT2D eigenvalue weighted by Crippen LogP contribution is -2.40. The highest BCUT2D eigenvalue weighted by molar-refractivity contribution is 5.91. The van der Waals surface area contributed by atoms with Gasteiger partial charge in [0.2, 0.25) is 0 Å². The first-order chi connectivity index (χ1) is 10.3. The summed E-state index contributed by atoms with van der Waals surface area (Å²) in [5.41, 5.74) is 0.447. The van der Waals surface area contributed by atoms with Crippen molar-refractivity contribution in [2.45, 2.75) is 37.8 Å². The van der Waals surface area contributed by atoms with Gasteiger partial charge in [-0.1, -0.05) is 5.21 Å². The number of nitrogens with zero attached hydrogens (tertiary/aromatic N) is 4. The summed E-state index contributed by atoms with van der Waals surface area (Å²) in [7, 11) is 1.85. The van der Waals surface area contributed by atoms with E-state index in [1.54, 1.807) is 11.1 Å². The van der Waals surface area contributed by atoms with Gasteiger partial charge in [0.1, 0.15) is 0 Å². The predicted molar refractivity (Wildman–Crippen MR) is 77.1 cm³/mol. The summed E-state index contributed by atoms with van der Waals surface area (Å²) in [5.74, 6) is -0.0397. The van der Waals surface area contributed by atoms with Crippen LogP contribution in [0.2, 0.25) is 0 Å². The van der Waals surface area contributed by atoms with E-state index in [4.69, 9.17) is 4.74 Å². The van der Waals surface area contributed by atoms with Crippen LogP contribution in [0.15, 0.2) is 6.20 Å². The number of aromatic nitrogens is 3. The predicted octanol–water partition coefficient (Wildman–Crippen LogP) is 0.454. The molecule has 0 aromatic carbocycles. The molecule has 0 aliphatic carbocycles. The Kier molecular flexibility index (Phi) is 4.50. The average Bonchev–Trinajstić information content (AvgIpc) is 3.05. The Bertz CT molecular complexity index is 477. The van der Waals surface area contributed by atoms with Crippen molar-refractivity contribution in [1.82, 2.24) is 25.2 Å². The van der Waals surface area contributed by atoms with Crippen LogP contribution < -0.4 is 5.32 Å². The Morgan fingerprint density at radius 2 is 2.05 bits per heavy atom. The van der Waals surface area contributed by atoms with Gasteiger partial charge in [-0.25, -0.2) is 4.68 Å². The molecule has 3 heterocycles. The molecule has 2 fully saturated rings. The maximum absolute atomic E-state index is 12.5. The van der Waals surface area contributed by atoms with Gasteiger partial charge in [0.25, 0.3) is 5.91 Å². The van der Waals surface area contributed by atoms with Crippen molar-refractivity contribution in [2.24, 2.45) is 0 Å². The summed E-state index contributed by atoms with van der Waals surface area (Å²) < 4.78 is 7.20. The molecule has 0 atom stereocenters. The molecule has 0 radical (unpaired) electrons. The standard InChI is InChI=1S/C14H23N5O2/c1-18(11-4-8-21-9-5-11)14(20)13-10-19(17-16-13)12-2-6-15-7-3-12/h10-12,15H,2-9H2,1H3. The van der Waals surface area contributed by atoms with E-state index in [0.29, 0.717) is 11.7 Å². The van der Waals surface area contributed by atoms with Crippen molar-refractivity contribution in [3.63, 3.8) is 0 Å². The Morgan fingerprint density at radius 3 is 2.76 bits per heavy atom. The molecule has 1 aromatic heterocycles. The molecular weight excluding hydrogens is 270 g/mol. The fourth-order valence-electron chi connectivity index (χ4n) is 3.04. The molecule has 2 aliphatic rings. The first-order valence-corrected chi connectivity index (χ1v) is 7.73. The summed E-state index contributed by atoms with van der Waals surface area (Å²) in [5, 5.41) is 11.6. The molecule has 2 saturated heterocycles. The van der Waals surface area contributed by atoms with Gasteiger partial charge in [-0.3, -0.25) is 4.79 Å². The van der Waals surface area contributed by atoms with Crippen LogP contribution in [0.3, 0.4) is 0 Å². The average molecular weight is 293 g/mol. The molecule has 7 heteroatoms. The Balaban J connectivity index is 1.65. The fraction of sp³-hybridized carbons (Fsp3) is 0.786. The molecule has 116 valence electrons. The maximum atomic E-state index is 12.5. The largest absolute Gasteiger partial charge is 0.381 e. The third-order valence-corrected chi connectivity index (χ3v) is 4.47. The quantitative estimate of drug-likeness (QED) is 0.876. The smallest absolute Gasteiger partial charge is 0.276 e. The number of carbonyl (C=O) groups is 1. The Morgan fingerprint density at radius 1 is 1.33 bits per heavy atom. The highest BCUT2D eigenvalue weighted by Gasteiger charge is 2.26. The van der Waals surface area contributed by atoms with Crippen molar-refractivity contribution in [3.05, 3.63) is 11.9 Å². The van der Waals surface area contributed by atoms with Crippen LogP contribution in [0.25, 0.3) is 0 Å². The highest BCUT2D eigenvalue weighted by atomic mass is 16.5. The minimum Gasteiger partial charge on any atom is -0.381 e. The number of ether oxygens (including phenoxy) is 1. The monoisotopic (exact) mass is 293 g/mol. The molecule has 1 N–H and O–H groups in total. The summed E-state index contributed by atoms with van der Waals surface area (Å²) >= 11 is 0. The van der Waals surface area contributed by atoms with E-state index in [9.17, 15) is 4.79 Å². The van der Waals surface area contributed by atoms with E-state index in [1.165, 1.54) is 0 Å². The lowest BCUT2D eigenvalue weighted by molar-refractivity contribution is 0.0359. The molecule has 0 bridgehead atoms. The molecule has 21 heavy (non-hydrogen) atoms. The highest BCUT2D eigenvalue weighted by Crippen LogP contribution is 2.19. The topological polar surface area (TPSA) is 72.3 Å². The second-order valence-corrected chi connectivity index (χ2v) is 5.82. The van der Waals surface area contributed by atoms with Crippen molar-refractivity contribution in [1.29, 1.82) is 0 Å². The molecule has 1 amide bonds. The maximum Gasteiger partial charge on any atom is 0.276 e. The molecule has 0 unspecified atom stereocenters. The van der Waals surface area contributed by atoms with Crippen LogP contribution in [0, 0.1) is 0 Å². The van der Waals surface area contributed by atoms with Crippen molar-refractivity contribution in [3.8, 4) is 0 Å². The lowest BCUT2D eigenvalue weighted by Gasteiger charge is -2.30. The van der Waals surface area contributed by atoms with E-state index in [0.717, 1.165) is 52.0 Å². The summed E-state index contributed by atoms with van der Waals surface area (Å²) in [4.78, 5) is 14.3. The molecule has 0 spiro atoms. The van der Waals surface area contributed by atoms with E-state index in [-0.39, 0.29) is 11.9 Å². The van der Waals surface area contributed by atoms with Crippen LogP contribution >= 0.6 is 0 Å². The zero-order valence-electron chi connectivity index (χ0n) is 12.5. The molecule has 1 aromatic rings. The summed E-state index contributed by atoms with van der Waals surface area (Å²) in [6.07, 6.45) is 5.66. The minimum atomic E-state index is -0.0397. The molecular formula is C14H23N5O2. The van der Waals surface area contributed by atoms with Crippen molar-refractivity contribution >= 4 is 5.91 Å². The van der Waals surface area contributed by atoms with Crippen molar-refractivity contribution in [2.75, 3.05) is 33.4 Å². The molecule has 2 aliphatic heterocycles. The Hall–Kier alpha value is -1.47. The van der Waals surface area contributed by atoms with E-state index < -0.39 is 0 Å². The van der Waals surface area contributed by atoms with Crippen LogP contribution in [0.4, 0.5) is 0 Å². The van der Waals surface area contributed by atoms with Crippen LogP contribution in [0.1, 0.15) is 42.2 Å². The van der Waals surface area contributed by atoms with Gasteiger partial charge >= 0.3 is 0 Å². The first kappa shape index (κ1) is 14.5. The number of nitrogens with one attached hydrogen (secondary N) is 1. The van der Waals surface area contributed by atoms with Gasteiger partial charge in [-0.15, -0.1) is 5.10 Å². The second kappa shape index (κ2) is 6.53. The number of hydrogen-bond donors (Lipinski definition) is 1. The zero-order chi connectivity index (χ0) is 14.7. The number of amides is 1. The molecule has 3 rings (SSSR count). The number of piperidine rings is 1. The van der Waals surface area contributed by atoms with Gasteiger partial charge < -0.3 is 15.0 Å². The third-order valence-electron chi connectivity index (χ3n) is 4.47. The zero-order valence-corrected chi connectivity index (χ0v) is 12.5. The van der Waals surface area contributed by atoms with E-state index >= 15 is 0 Å². The van der Waals surface area contributed by atoms with Gasteiger partial charge in [0, 0.05) is 26.3 Å². The molecule has 0 saturated carbocycles. The van der Waals surface area contributed by atoms with Crippen LogP contribution in [0.5, 0.6) is 0 Å². The SMILES string of the molecule is CN(C(=O)c1cn(C2CCNCC2)nn1)C1CCOCC1. The van der Waals surface area contributed by atoms with Gasteiger partial charge in [0.05, 0.1) is 12.2 Å². The van der Waals surface area contributed by atoms with Gasteiger partial charge in [-0.05, 0) is 38.8 Å². The first-order valence-electron chi connectivity index (χ1n) is 7.73. The number of hydrogen-bond acceptors (Lipinski definition) is 5. The molecule has 7 nitrogen and oxygen atoms in total. The van der Waals surface area contributed by atoms with Crippen molar-refractivity contribution < 1.29 is 9.53 Å². The summed E-state index contributed by atoms with van der Waals surface area (Å²) in [6, 6.07) is 0.601. The third kappa shape index (κ3) is 3.24. The number of rotatable bonds is 3. The fourth-order valence-corrected chi connectivity index (χ4v) is 3.04. The summed E-state index contributed by atoms with van der Waals surface area (Å²) in [6.45, 7) is 3.44. The normalized spacial score (nSPS) is 21.4. The van der Waals surface area contributed by atoms with Crippen LogP contribution in [-0.2, 0) is 4.74 Å². The number of carbonyl (C=O) groups excluding carboxylic acids is 1. The van der Waals surface area contributed by atoms with E-state index in [2.05, 4.69) is 15.6 Å². The second-order valence-electron chi connectivity index (χ2n) is 5.82. The van der Waals surface area contributed by atoms with Gasteiger partial charge in [0.15, 0.2) is 5.69 Å². The minimum absolute atomic E-state index is 0.0397. The lowest BCUT2D eigenvalue weighted by atomic mass is 10.1. The van der Waals surface area contributed by atoms with Gasteiger partial charge in [-0.2, -0.15) is 0 Å². The van der Waals surface area contributed by atoms with E-state index in [1.807, 2.05) is 11.7 Å². The Labute approximate surface area is 124 Å². The van der Waals surface area contributed by atoms with Crippen LogP contribution in [-0.4, -0.2) is 65.2 Å².